The van der Waals surface area contributed by atoms with Crippen molar-refractivity contribution in [1.82, 2.24) is 10.3 Å². The van der Waals surface area contributed by atoms with Gasteiger partial charge in [0.05, 0.1) is 18.7 Å². The molecule has 14 heavy (non-hydrogen) atoms. The number of hydrogen-bond acceptors (Lipinski definition) is 4. The average Bonchev–Trinajstić information content (AvgIpc) is 2.52. The Morgan fingerprint density at radius 1 is 1.79 bits per heavy atom. The summed E-state index contributed by atoms with van der Waals surface area (Å²) < 4.78 is 0. The van der Waals surface area contributed by atoms with Crippen molar-refractivity contribution in [3.8, 4) is 11.8 Å². The lowest BCUT2D eigenvalue weighted by Gasteiger charge is -1.97. The minimum absolute atomic E-state index is 0.0851. The van der Waals surface area contributed by atoms with Crippen molar-refractivity contribution in [3.05, 3.63) is 11.1 Å². The van der Waals surface area contributed by atoms with Gasteiger partial charge in [0, 0.05) is 5.38 Å². The zero-order chi connectivity index (χ0) is 10.4. The molecule has 1 amide bonds. The normalized spacial score (nSPS) is 8.93. The summed E-state index contributed by atoms with van der Waals surface area (Å²) in [6.07, 6.45) is 0.263. The van der Waals surface area contributed by atoms with Gasteiger partial charge < -0.3 is 11.1 Å². The number of carbonyl (C=O) groups excluding carboxylic acids is 1. The van der Waals surface area contributed by atoms with Crippen LogP contribution in [0.3, 0.4) is 0 Å². The van der Waals surface area contributed by atoms with Crippen molar-refractivity contribution in [2.75, 3.05) is 12.3 Å². The van der Waals surface area contributed by atoms with Crippen LogP contribution >= 0.6 is 11.3 Å². The number of nitrogen functional groups attached to an aromatic ring is 1. The van der Waals surface area contributed by atoms with E-state index in [1.54, 1.807) is 12.3 Å². The number of hydrogen-bond donors (Lipinski definition) is 2. The van der Waals surface area contributed by atoms with E-state index in [1.807, 2.05) is 0 Å². The fourth-order valence-corrected chi connectivity index (χ4v) is 1.42. The molecule has 0 fully saturated rings. The highest BCUT2D eigenvalue weighted by atomic mass is 32.1. The van der Waals surface area contributed by atoms with E-state index in [0.29, 0.717) is 17.4 Å². The predicted octanol–water partition coefficient (Wildman–Crippen LogP) is 0.407. The smallest absolute Gasteiger partial charge is 0.226 e. The van der Waals surface area contributed by atoms with Gasteiger partial charge in [0.1, 0.15) is 0 Å². The minimum atomic E-state index is -0.0851. The van der Waals surface area contributed by atoms with Gasteiger partial charge in [-0.3, -0.25) is 4.79 Å². The third-order valence-electron chi connectivity index (χ3n) is 1.46. The van der Waals surface area contributed by atoms with Crippen LogP contribution in [-0.4, -0.2) is 17.4 Å². The minimum Gasteiger partial charge on any atom is -0.375 e. The number of nitrogens with two attached hydrogens (primary N) is 1. The molecule has 0 unspecified atom stereocenters. The fourth-order valence-electron chi connectivity index (χ4n) is 0.862. The summed E-state index contributed by atoms with van der Waals surface area (Å²) in [6.45, 7) is 2.11. The van der Waals surface area contributed by atoms with Crippen LogP contribution in [0.25, 0.3) is 0 Å². The Hall–Kier alpha value is -1.54. The summed E-state index contributed by atoms with van der Waals surface area (Å²) in [5.41, 5.74) is 6.13. The summed E-state index contributed by atoms with van der Waals surface area (Å²) in [5.74, 6) is 5.35. The number of amides is 1. The van der Waals surface area contributed by atoms with Crippen LogP contribution < -0.4 is 11.1 Å². The van der Waals surface area contributed by atoms with Gasteiger partial charge in [-0.1, -0.05) is 5.92 Å². The number of rotatable bonds is 3. The number of anilines is 1. The van der Waals surface area contributed by atoms with Crippen LogP contribution in [0.5, 0.6) is 0 Å². The number of nitrogens with one attached hydrogen (secondary N) is 1. The van der Waals surface area contributed by atoms with Crippen molar-refractivity contribution in [1.29, 1.82) is 0 Å². The third kappa shape index (κ3) is 3.46. The molecule has 1 rings (SSSR count). The molecule has 4 nitrogen and oxygen atoms in total. The van der Waals surface area contributed by atoms with Crippen molar-refractivity contribution in [2.45, 2.75) is 13.3 Å². The van der Waals surface area contributed by atoms with E-state index in [4.69, 9.17) is 5.73 Å². The molecule has 0 bridgehead atoms. The summed E-state index contributed by atoms with van der Waals surface area (Å²) >= 11 is 1.33. The SMILES string of the molecule is CC#CCNC(=O)Cc1csc(N)n1. The Morgan fingerprint density at radius 2 is 2.57 bits per heavy atom. The van der Waals surface area contributed by atoms with Crippen LogP contribution in [0.1, 0.15) is 12.6 Å². The molecule has 0 aliphatic heterocycles. The Bertz CT molecular complexity index is 375. The Balaban J connectivity index is 2.36. The highest BCUT2D eigenvalue weighted by molar-refractivity contribution is 7.13. The maximum atomic E-state index is 11.2. The van der Waals surface area contributed by atoms with Crippen molar-refractivity contribution in [3.63, 3.8) is 0 Å². The van der Waals surface area contributed by atoms with Crippen LogP contribution in [0.15, 0.2) is 5.38 Å². The first kappa shape index (κ1) is 10.5. The Morgan fingerprint density at radius 3 is 3.14 bits per heavy atom. The molecule has 3 N–H and O–H groups in total. The van der Waals surface area contributed by atoms with Gasteiger partial charge in [0.2, 0.25) is 5.91 Å². The van der Waals surface area contributed by atoms with Gasteiger partial charge in [0.15, 0.2) is 5.13 Å². The summed E-state index contributed by atoms with van der Waals surface area (Å²) in [7, 11) is 0. The molecular formula is C9H11N3OS. The molecular weight excluding hydrogens is 198 g/mol. The second kappa shape index (κ2) is 5.25. The van der Waals surface area contributed by atoms with Crippen molar-refractivity contribution >= 4 is 22.4 Å². The highest BCUT2D eigenvalue weighted by Gasteiger charge is 2.04. The second-order valence-corrected chi connectivity index (χ2v) is 3.45. The lowest BCUT2D eigenvalue weighted by Crippen LogP contribution is -2.25. The molecule has 0 spiro atoms. The van der Waals surface area contributed by atoms with Gasteiger partial charge in [-0.15, -0.1) is 17.3 Å². The topological polar surface area (TPSA) is 68.0 Å². The van der Waals surface area contributed by atoms with E-state index in [0.717, 1.165) is 0 Å². The van der Waals surface area contributed by atoms with E-state index < -0.39 is 0 Å². The van der Waals surface area contributed by atoms with E-state index in [-0.39, 0.29) is 12.3 Å². The molecule has 0 aliphatic rings. The van der Waals surface area contributed by atoms with E-state index >= 15 is 0 Å². The number of aromatic nitrogens is 1. The summed E-state index contributed by atoms with van der Waals surface area (Å²) in [6, 6.07) is 0. The highest BCUT2D eigenvalue weighted by Crippen LogP contribution is 2.10. The average molecular weight is 209 g/mol. The van der Waals surface area contributed by atoms with Crippen LogP contribution in [0.2, 0.25) is 0 Å². The molecule has 0 radical (unpaired) electrons. The fraction of sp³-hybridized carbons (Fsp3) is 0.333. The second-order valence-electron chi connectivity index (χ2n) is 2.56. The van der Waals surface area contributed by atoms with Gasteiger partial charge in [-0.25, -0.2) is 4.98 Å². The van der Waals surface area contributed by atoms with Crippen LogP contribution in [0.4, 0.5) is 5.13 Å². The Labute approximate surface area is 86.5 Å². The molecule has 1 aromatic heterocycles. The zero-order valence-corrected chi connectivity index (χ0v) is 8.65. The molecule has 0 aromatic carbocycles. The Kier molecular flexibility index (Phi) is 3.95. The molecule has 74 valence electrons. The first-order chi connectivity index (χ1) is 6.72. The lowest BCUT2D eigenvalue weighted by atomic mass is 10.3. The van der Waals surface area contributed by atoms with Crippen molar-refractivity contribution in [2.24, 2.45) is 0 Å². The molecule has 5 heteroatoms. The molecule has 0 atom stereocenters. The lowest BCUT2D eigenvalue weighted by molar-refractivity contribution is -0.120. The van der Waals surface area contributed by atoms with Gasteiger partial charge in [-0.2, -0.15) is 0 Å². The van der Waals surface area contributed by atoms with Gasteiger partial charge in [0.25, 0.3) is 0 Å². The largest absolute Gasteiger partial charge is 0.375 e. The number of carbonyl (C=O) groups is 1. The molecule has 0 saturated carbocycles. The third-order valence-corrected chi connectivity index (χ3v) is 2.18. The number of nitrogens with zero attached hydrogens (tertiary/aromatic N) is 1. The first-order valence-electron chi connectivity index (χ1n) is 4.08. The molecule has 1 aromatic rings. The van der Waals surface area contributed by atoms with Crippen LogP contribution in [-0.2, 0) is 11.2 Å². The van der Waals surface area contributed by atoms with Gasteiger partial charge >= 0.3 is 0 Å². The number of thiazole rings is 1. The van der Waals surface area contributed by atoms with Crippen molar-refractivity contribution < 1.29 is 4.79 Å². The quantitative estimate of drug-likeness (QED) is 0.708. The maximum absolute atomic E-state index is 11.2. The standard InChI is InChI=1S/C9H11N3OS/c1-2-3-4-11-8(13)5-7-6-14-9(10)12-7/h6H,4-5H2,1H3,(H2,10,12)(H,11,13). The maximum Gasteiger partial charge on any atom is 0.226 e. The monoisotopic (exact) mass is 209 g/mol. The van der Waals surface area contributed by atoms with E-state index in [2.05, 4.69) is 22.1 Å². The molecule has 0 aliphatic carbocycles. The van der Waals surface area contributed by atoms with Gasteiger partial charge in [-0.05, 0) is 6.92 Å². The summed E-state index contributed by atoms with van der Waals surface area (Å²) in [5, 5.41) is 4.92. The molecule has 1 heterocycles. The predicted molar refractivity (Wildman–Crippen MR) is 56.7 cm³/mol. The van der Waals surface area contributed by atoms with E-state index in [9.17, 15) is 4.79 Å². The van der Waals surface area contributed by atoms with Crippen LogP contribution in [0, 0.1) is 11.8 Å². The van der Waals surface area contributed by atoms with E-state index in [1.165, 1.54) is 11.3 Å². The summed E-state index contributed by atoms with van der Waals surface area (Å²) in [4.78, 5) is 15.2. The zero-order valence-electron chi connectivity index (χ0n) is 7.83. The first-order valence-corrected chi connectivity index (χ1v) is 4.96. The molecule has 0 saturated heterocycles.